The Balaban J connectivity index is 4.37. The lowest BCUT2D eigenvalue weighted by molar-refractivity contribution is -0.148. The van der Waals surface area contributed by atoms with Crippen molar-refractivity contribution in [3.05, 3.63) is 12.2 Å². The van der Waals surface area contributed by atoms with Crippen LogP contribution < -0.4 is 0 Å². The zero-order chi connectivity index (χ0) is 11.1. The van der Waals surface area contributed by atoms with Crippen molar-refractivity contribution < 1.29 is 14.6 Å². The van der Waals surface area contributed by atoms with E-state index in [0.717, 1.165) is 12.8 Å². The van der Waals surface area contributed by atoms with Crippen molar-refractivity contribution in [3.63, 3.8) is 0 Å². The van der Waals surface area contributed by atoms with Gasteiger partial charge in [0.2, 0.25) is 0 Å². The van der Waals surface area contributed by atoms with Gasteiger partial charge in [-0.2, -0.15) is 0 Å². The van der Waals surface area contributed by atoms with Crippen LogP contribution in [0.1, 0.15) is 33.1 Å². The molecule has 2 atom stereocenters. The number of ether oxygens (including phenoxy) is 1. The van der Waals surface area contributed by atoms with Gasteiger partial charge in [-0.15, -0.1) is 0 Å². The maximum Gasteiger partial charge on any atom is 0.311 e. The first-order chi connectivity index (χ1) is 6.54. The Kier molecular flexibility index (Phi) is 6.21. The molecule has 0 aromatic carbocycles. The van der Waals surface area contributed by atoms with Gasteiger partial charge in [-0.1, -0.05) is 31.9 Å². The minimum Gasteiger partial charge on any atom is -0.469 e. The summed E-state index contributed by atoms with van der Waals surface area (Å²) in [5.74, 6) is -0.814. The Morgan fingerprint density at radius 3 is 2.50 bits per heavy atom. The number of carbonyl (C=O) groups excluding carboxylic acids is 1. The average molecular weight is 200 g/mol. The topological polar surface area (TPSA) is 46.5 Å². The summed E-state index contributed by atoms with van der Waals surface area (Å²) in [6.07, 6.45) is 1.77. The van der Waals surface area contributed by atoms with Crippen molar-refractivity contribution in [1.29, 1.82) is 0 Å². The van der Waals surface area contributed by atoms with E-state index in [9.17, 15) is 9.90 Å². The number of aliphatic hydroxyl groups is 1. The van der Waals surface area contributed by atoms with Crippen LogP contribution in [0.5, 0.6) is 0 Å². The molecule has 0 aliphatic rings. The Labute approximate surface area is 85.8 Å². The Morgan fingerprint density at radius 1 is 1.57 bits per heavy atom. The molecule has 0 aliphatic carbocycles. The average Bonchev–Trinajstić information content (AvgIpc) is 2.17. The van der Waals surface area contributed by atoms with E-state index in [1.165, 1.54) is 7.11 Å². The summed E-state index contributed by atoms with van der Waals surface area (Å²) in [7, 11) is 1.34. The van der Waals surface area contributed by atoms with Crippen LogP contribution in [0.15, 0.2) is 12.2 Å². The van der Waals surface area contributed by atoms with Gasteiger partial charge in [0.05, 0.1) is 19.1 Å². The van der Waals surface area contributed by atoms with E-state index in [1.807, 2.05) is 6.92 Å². The maximum atomic E-state index is 11.3. The van der Waals surface area contributed by atoms with Crippen molar-refractivity contribution in [2.75, 3.05) is 7.11 Å². The molecule has 0 spiro atoms. The molecule has 0 aromatic heterocycles. The second-order valence-electron chi connectivity index (χ2n) is 3.56. The maximum absolute atomic E-state index is 11.3. The lowest BCUT2D eigenvalue weighted by atomic mass is 9.92. The molecule has 0 bridgehead atoms. The molecule has 0 heterocycles. The lowest BCUT2D eigenvalue weighted by Crippen LogP contribution is -2.30. The van der Waals surface area contributed by atoms with Gasteiger partial charge in [0.1, 0.15) is 0 Å². The van der Waals surface area contributed by atoms with Gasteiger partial charge in [-0.05, 0) is 13.3 Å². The van der Waals surface area contributed by atoms with Crippen LogP contribution in [0.4, 0.5) is 0 Å². The molecule has 1 N–H and O–H groups in total. The van der Waals surface area contributed by atoms with Crippen LogP contribution in [-0.4, -0.2) is 24.3 Å². The molecule has 0 radical (unpaired) electrons. The Hall–Kier alpha value is -0.830. The van der Waals surface area contributed by atoms with Gasteiger partial charge < -0.3 is 9.84 Å². The molecule has 0 saturated carbocycles. The predicted molar refractivity (Wildman–Crippen MR) is 55.9 cm³/mol. The number of unbranched alkanes of at least 4 members (excludes halogenated alkanes) is 1. The van der Waals surface area contributed by atoms with Crippen molar-refractivity contribution in [3.8, 4) is 0 Å². The highest BCUT2D eigenvalue weighted by molar-refractivity contribution is 5.73. The summed E-state index contributed by atoms with van der Waals surface area (Å²) in [6, 6.07) is 0. The smallest absolute Gasteiger partial charge is 0.311 e. The van der Waals surface area contributed by atoms with Crippen molar-refractivity contribution >= 4 is 5.97 Å². The third kappa shape index (κ3) is 3.92. The summed E-state index contributed by atoms with van der Waals surface area (Å²) in [6.45, 7) is 7.40. The summed E-state index contributed by atoms with van der Waals surface area (Å²) in [4.78, 5) is 11.3. The van der Waals surface area contributed by atoms with Gasteiger partial charge in [-0.3, -0.25) is 4.79 Å². The summed E-state index contributed by atoms with van der Waals surface area (Å²) < 4.78 is 4.64. The van der Waals surface area contributed by atoms with Crippen LogP contribution in [0, 0.1) is 5.92 Å². The molecule has 0 fully saturated rings. The lowest BCUT2D eigenvalue weighted by Gasteiger charge is -2.20. The van der Waals surface area contributed by atoms with E-state index < -0.39 is 12.0 Å². The highest BCUT2D eigenvalue weighted by Gasteiger charge is 2.27. The zero-order valence-electron chi connectivity index (χ0n) is 9.25. The van der Waals surface area contributed by atoms with Crippen LogP contribution in [0.3, 0.4) is 0 Å². The predicted octanol–water partition coefficient (Wildman–Crippen LogP) is 1.90. The fourth-order valence-corrected chi connectivity index (χ4v) is 1.32. The number of methoxy groups -OCH3 is 1. The molecular weight excluding hydrogens is 180 g/mol. The molecule has 0 aromatic rings. The van der Waals surface area contributed by atoms with Crippen molar-refractivity contribution in [2.45, 2.75) is 39.2 Å². The molecular formula is C11H20O3. The molecule has 3 nitrogen and oxygen atoms in total. The number of hydrogen-bond acceptors (Lipinski definition) is 3. The minimum atomic E-state index is -0.783. The van der Waals surface area contributed by atoms with Gasteiger partial charge in [-0.25, -0.2) is 0 Å². The summed E-state index contributed by atoms with van der Waals surface area (Å²) >= 11 is 0. The fraction of sp³-hybridized carbons (Fsp3) is 0.727. The van der Waals surface area contributed by atoms with E-state index in [-0.39, 0.29) is 5.97 Å². The number of aliphatic hydroxyl groups excluding tert-OH is 1. The van der Waals surface area contributed by atoms with Crippen molar-refractivity contribution in [1.82, 2.24) is 0 Å². The number of esters is 1. The SMILES string of the molecule is C=C(C)C(O)C(CCCC)C(=O)OC. The standard InChI is InChI=1S/C11H20O3/c1-5-6-7-9(11(13)14-4)10(12)8(2)3/h9-10,12H,2,5-7H2,1,3-4H3. The first kappa shape index (κ1) is 13.2. The second kappa shape index (κ2) is 6.60. The van der Waals surface area contributed by atoms with Gasteiger partial charge >= 0.3 is 5.97 Å². The summed E-state index contributed by atoms with van der Waals surface area (Å²) in [5.41, 5.74) is 0.608. The van der Waals surface area contributed by atoms with Crippen molar-refractivity contribution in [2.24, 2.45) is 5.92 Å². The molecule has 14 heavy (non-hydrogen) atoms. The Bertz CT molecular complexity index is 199. The fourth-order valence-electron chi connectivity index (χ4n) is 1.32. The van der Waals surface area contributed by atoms with Crippen LogP contribution >= 0.6 is 0 Å². The number of hydrogen-bond donors (Lipinski definition) is 1. The minimum absolute atomic E-state index is 0.353. The van der Waals surface area contributed by atoms with Crippen LogP contribution in [0.2, 0.25) is 0 Å². The molecule has 3 heteroatoms. The third-order valence-electron chi connectivity index (χ3n) is 2.26. The largest absolute Gasteiger partial charge is 0.469 e. The van der Waals surface area contributed by atoms with E-state index in [0.29, 0.717) is 12.0 Å². The molecule has 0 rings (SSSR count). The van der Waals surface area contributed by atoms with E-state index in [1.54, 1.807) is 6.92 Å². The van der Waals surface area contributed by atoms with Crippen LogP contribution in [-0.2, 0) is 9.53 Å². The van der Waals surface area contributed by atoms with Crippen LogP contribution in [0.25, 0.3) is 0 Å². The zero-order valence-corrected chi connectivity index (χ0v) is 9.25. The highest BCUT2D eigenvalue weighted by Crippen LogP contribution is 2.19. The van der Waals surface area contributed by atoms with E-state index in [4.69, 9.17) is 0 Å². The molecule has 0 saturated heterocycles. The summed E-state index contributed by atoms with van der Waals surface area (Å²) in [5, 5.41) is 9.71. The normalized spacial score (nSPS) is 14.6. The quantitative estimate of drug-likeness (QED) is 0.526. The Morgan fingerprint density at radius 2 is 2.14 bits per heavy atom. The first-order valence-electron chi connectivity index (χ1n) is 4.95. The van der Waals surface area contributed by atoms with E-state index >= 15 is 0 Å². The first-order valence-corrected chi connectivity index (χ1v) is 4.95. The number of carbonyl (C=O) groups is 1. The molecule has 0 aliphatic heterocycles. The second-order valence-corrected chi connectivity index (χ2v) is 3.56. The molecule has 2 unspecified atom stereocenters. The van der Waals surface area contributed by atoms with Gasteiger partial charge in [0.25, 0.3) is 0 Å². The third-order valence-corrected chi connectivity index (χ3v) is 2.26. The van der Waals surface area contributed by atoms with E-state index in [2.05, 4.69) is 11.3 Å². The molecule has 82 valence electrons. The van der Waals surface area contributed by atoms with Gasteiger partial charge in [0.15, 0.2) is 0 Å². The van der Waals surface area contributed by atoms with Gasteiger partial charge in [0, 0.05) is 0 Å². The number of rotatable bonds is 6. The monoisotopic (exact) mass is 200 g/mol. The molecule has 0 amide bonds. The highest BCUT2D eigenvalue weighted by atomic mass is 16.5.